The van der Waals surface area contributed by atoms with Gasteiger partial charge in [0.15, 0.2) is 5.78 Å². The maximum absolute atomic E-state index is 13.0. The number of aryl methyl sites for hydroxylation is 1. The topological polar surface area (TPSA) is 63.2 Å². The molecule has 0 aliphatic heterocycles. The molecule has 1 N–H and O–H groups in total. The molecule has 0 saturated carbocycles. The molecule has 0 unspecified atom stereocenters. The lowest BCUT2D eigenvalue weighted by molar-refractivity contribution is 0.103. The summed E-state index contributed by atoms with van der Waals surface area (Å²) in [6.45, 7) is 1.78. The van der Waals surface area contributed by atoms with E-state index in [0.29, 0.717) is 11.1 Å². The van der Waals surface area contributed by atoms with Gasteiger partial charge in [-0.05, 0) is 42.8 Å². The van der Waals surface area contributed by atoms with Gasteiger partial charge in [-0.3, -0.25) is 4.79 Å². The van der Waals surface area contributed by atoms with Crippen LogP contribution in [0.15, 0.2) is 93.8 Å². The summed E-state index contributed by atoms with van der Waals surface area (Å²) < 4.78 is 28.7. The van der Waals surface area contributed by atoms with Crippen molar-refractivity contribution in [1.29, 1.82) is 0 Å². The van der Waals surface area contributed by atoms with E-state index in [2.05, 4.69) is 20.7 Å². The minimum atomic E-state index is -3.74. The molecule has 0 saturated heterocycles. The summed E-state index contributed by atoms with van der Waals surface area (Å²) in [4.78, 5) is 13.2. The monoisotopic (exact) mass is 469 g/mol. The number of nitrogens with one attached hydrogen (secondary N) is 1. The minimum Gasteiger partial charge on any atom is -0.289 e. The molecule has 3 aromatic carbocycles. The maximum Gasteiger partial charge on any atom is 0.240 e. The van der Waals surface area contributed by atoms with E-state index in [9.17, 15) is 13.2 Å². The lowest BCUT2D eigenvalue weighted by Gasteiger charge is -2.11. The van der Waals surface area contributed by atoms with E-state index in [1.807, 2.05) is 37.3 Å². The van der Waals surface area contributed by atoms with Crippen LogP contribution in [0.5, 0.6) is 0 Å². The minimum absolute atomic E-state index is 0.115. The van der Waals surface area contributed by atoms with Crippen molar-refractivity contribution >= 4 is 37.8 Å². The summed E-state index contributed by atoms with van der Waals surface area (Å²) in [5.74, 6) is -0.225. The van der Waals surface area contributed by atoms with Crippen molar-refractivity contribution in [2.24, 2.45) is 0 Å². The average Bonchev–Trinajstić information content (AvgIpc) is 2.71. The van der Waals surface area contributed by atoms with Crippen LogP contribution >= 0.6 is 15.9 Å². The molecule has 0 aromatic heterocycles. The SMILES string of the molecule is Cc1ccc(S(=O)(=O)NC/C(=C\c2cccc(Br)c2)C(=O)c2ccccc2)cc1. The van der Waals surface area contributed by atoms with Crippen LogP contribution in [0.25, 0.3) is 6.08 Å². The molecule has 29 heavy (non-hydrogen) atoms. The van der Waals surface area contributed by atoms with E-state index in [4.69, 9.17) is 0 Å². The Kier molecular flexibility index (Phi) is 6.79. The molecule has 0 amide bonds. The number of rotatable bonds is 7. The highest BCUT2D eigenvalue weighted by Crippen LogP contribution is 2.18. The third-order valence-electron chi connectivity index (χ3n) is 4.30. The highest BCUT2D eigenvalue weighted by Gasteiger charge is 2.18. The molecule has 148 valence electrons. The molecule has 6 heteroatoms. The van der Waals surface area contributed by atoms with Gasteiger partial charge in [-0.15, -0.1) is 0 Å². The van der Waals surface area contributed by atoms with Gasteiger partial charge in [-0.1, -0.05) is 76.1 Å². The number of hydrogen-bond acceptors (Lipinski definition) is 3. The highest BCUT2D eigenvalue weighted by molar-refractivity contribution is 9.10. The second kappa shape index (κ2) is 9.31. The van der Waals surface area contributed by atoms with Crippen molar-refractivity contribution in [2.75, 3.05) is 6.54 Å². The zero-order valence-electron chi connectivity index (χ0n) is 15.8. The first-order chi connectivity index (χ1) is 13.8. The second-order valence-electron chi connectivity index (χ2n) is 6.56. The first-order valence-corrected chi connectivity index (χ1v) is 11.2. The molecule has 0 aliphatic rings. The summed E-state index contributed by atoms with van der Waals surface area (Å²) in [5.41, 5.74) is 2.62. The van der Waals surface area contributed by atoms with E-state index < -0.39 is 10.0 Å². The smallest absolute Gasteiger partial charge is 0.240 e. The number of hydrogen-bond donors (Lipinski definition) is 1. The van der Waals surface area contributed by atoms with E-state index in [-0.39, 0.29) is 17.2 Å². The van der Waals surface area contributed by atoms with Crippen LogP contribution in [0.1, 0.15) is 21.5 Å². The Labute approximate surface area is 179 Å². The average molecular weight is 470 g/mol. The normalized spacial score (nSPS) is 12.0. The summed E-state index contributed by atoms with van der Waals surface area (Å²) in [6, 6.07) is 22.9. The maximum atomic E-state index is 13.0. The lowest BCUT2D eigenvalue weighted by atomic mass is 10.0. The van der Waals surface area contributed by atoms with Crippen molar-refractivity contribution in [1.82, 2.24) is 4.72 Å². The summed E-state index contributed by atoms with van der Waals surface area (Å²) in [7, 11) is -3.74. The van der Waals surface area contributed by atoms with Gasteiger partial charge in [0.1, 0.15) is 0 Å². The quantitative estimate of drug-likeness (QED) is 0.391. The number of carbonyl (C=O) groups is 1. The molecule has 0 radical (unpaired) electrons. The van der Waals surface area contributed by atoms with Crippen molar-refractivity contribution in [2.45, 2.75) is 11.8 Å². The van der Waals surface area contributed by atoms with Crippen LogP contribution in [0.2, 0.25) is 0 Å². The Hall–Kier alpha value is -2.54. The van der Waals surface area contributed by atoms with Crippen molar-refractivity contribution in [3.05, 3.63) is 106 Å². The molecule has 0 fully saturated rings. The van der Waals surface area contributed by atoms with Gasteiger partial charge in [-0.25, -0.2) is 13.1 Å². The van der Waals surface area contributed by atoms with Crippen molar-refractivity contribution in [3.63, 3.8) is 0 Å². The number of halogens is 1. The Bertz CT molecular complexity index is 1140. The fourth-order valence-corrected chi connectivity index (χ4v) is 4.17. The molecule has 0 atom stereocenters. The third kappa shape index (κ3) is 5.73. The Morgan fingerprint density at radius 1 is 0.966 bits per heavy atom. The highest BCUT2D eigenvalue weighted by atomic mass is 79.9. The predicted molar refractivity (Wildman–Crippen MR) is 119 cm³/mol. The molecule has 0 heterocycles. The zero-order chi connectivity index (χ0) is 20.9. The van der Waals surface area contributed by atoms with Gasteiger partial charge in [0.2, 0.25) is 10.0 Å². The number of carbonyl (C=O) groups excluding carboxylic acids is 1. The number of ketones is 1. The van der Waals surface area contributed by atoms with Gasteiger partial charge in [-0.2, -0.15) is 0 Å². The molecular weight excluding hydrogens is 450 g/mol. The van der Waals surface area contributed by atoms with Crippen LogP contribution < -0.4 is 4.72 Å². The molecule has 3 rings (SSSR count). The van der Waals surface area contributed by atoms with Gasteiger partial charge in [0.25, 0.3) is 0 Å². The largest absolute Gasteiger partial charge is 0.289 e. The van der Waals surface area contributed by atoms with E-state index in [0.717, 1.165) is 15.6 Å². The van der Waals surface area contributed by atoms with Crippen LogP contribution in [0, 0.1) is 6.92 Å². The van der Waals surface area contributed by atoms with Crippen molar-refractivity contribution in [3.8, 4) is 0 Å². The fraction of sp³-hybridized carbons (Fsp3) is 0.0870. The van der Waals surface area contributed by atoms with Gasteiger partial charge in [0, 0.05) is 22.2 Å². The molecule has 3 aromatic rings. The Morgan fingerprint density at radius 3 is 2.31 bits per heavy atom. The van der Waals surface area contributed by atoms with Gasteiger partial charge >= 0.3 is 0 Å². The molecule has 0 bridgehead atoms. The zero-order valence-corrected chi connectivity index (χ0v) is 18.2. The standard InChI is InChI=1S/C23H20BrNO3S/c1-17-10-12-22(13-11-17)29(27,28)25-16-20(14-18-6-5-9-21(24)15-18)23(26)19-7-3-2-4-8-19/h2-15,25H,16H2,1H3/b20-14+. The van der Waals surface area contributed by atoms with E-state index >= 15 is 0 Å². The van der Waals surface area contributed by atoms with Crippen LogP contribution in [0.4, 0.5) is 0 Å². The number of benzene rings is 3. The third-order valence-corrected chi connectivity index (χ3v) is 6.21. The first kappa shape index (κ1) is 21.2. The van der Waals surface area contributed by atoms with Gasteiger partial charge < -0.3 is 0 Å². The van der Waals surface area contributed by atoms with Crippen molar-refractivity contribution < 1.29 is 13.2 Å². The van der Waals surface area contributed by atoms with Gasteiger partial charge in [0.05, 0.1) is 4.90 Å². The summed E-state index contributed by atoms with van der Waals surface area (Å²) in [6.07, 6.45) is 1.71. The fourth-order valence-electron chi connectivity index (χ4n) is 2.74. The molecule has 4 nitrogen and oxygen atoms in total. The Morgan fingerprint density at radius 2 is 1.66 bits per heavy atom. The first-order valence-electron chi connectivity index (χ1n) is 8.97. The van der Waals surface area contributed by atoms with Crippen LogP contribution in [-0.2, 0) is 10.0 Å². The second-order valence-corrected chi connectivity index (χ2v) is 9.24. The Balaban J connectivity index is 1.91. The lowest BCUT2D eigenvalue weighted by Crippen LogP contribution is -2.28. The summed E-state index contributed by atoms with van der Waals surface area (Å²) >= 11 is 3.42. The molecular formula is C23H20BrNO3S. The number of sulfonamides is 1. The van der Waals surface area contributed by atoms with E-state index in [1.54, 1.807) is 54.6 Å². The predicted octanol–water partition coefficient (Wildman–Crippen LogP) is 5.00. The van der Waals surface area contributed by atoms with Crippen LogP contribution in [0.3, 0.4) is 0 Å². The molecule has 0 aliphatic carbocycles. The summed E-state index contributed by atoms with van der Waals surface area (Å²) in [5, 5.41) is 0. The van der Waals surface area contributed by atoms with E-state index in [1.165, 1.54) is 0 Å². The number of Topliss-reactive ketones (excluding diaryl/α,β-unsaturated/α-hetero) is 1. The van der Waals surface area contributed by atoms with Crippen LogP contribution in [-0.4, -0.2) is 20.7 Å². The molecule has 0 spiro atoms.